The highest BCUT2D eigenvalue weighted by atomic mass is 19.4. The Morgan fingerprint density at radius 1 is 1.03 bits per heavy atom. The minimum atomic E-state index is -4.53. The molecule has 6 heterocycles. The number of piperidine rings is 1. The molecule has 3 aliphatic rings. The molecule has 0 spiro atoms. The van der Waals surface area contributed by atoms with Crippen LogP contribution in [0, 0.1) is 11.8 Å². The van der Waals surface area contributed by atoms with Crippen LogP contribution in [0.1, 0.15) is 25.3 Å². The summed E-state index contributed by atoms with van der Waals surface area (Å²) < 4.78 is 55.1. The van der Waals surface area contributed by atoms with E-state index in [0.29, 0.717) is 38.0 Å². The minimum absolute atomic E-state index is 0.00282. The molecule has 4 atom stereocenters. The average Bonchev–Trinajstić information content (AvgIpc) is 3.62. The van der Waals surface area contributed by atoms with Crippen molar-refractivity contribution in [1.29, 1.82) is 0 Å². The molecule has 14 heteroatoms. The van der Waals surface area contributed by atoms with E-state index in [1.807, 2.05) is 9.30 Å². The molecule has 1 N–H and O–H groups in total. The van der Waals surface area contributed by atoms with E-state index in [0.717, 1.165) is 17.8 Å². The van der Waals surface area contributed by atoms with E-state index in [1.165, 1.54) is 0 Å². The summed E-state index contributed by atoms with van der Waals surface area (Å²) in [5, 5.41) is 2.96. The summed E-state index contributed by atoms with van der Waals surface area (Å²) >= 11 is 0. The second kappa shape index (κ2) is 9.55. The van der Waals surface area contributed by atoms with Crippen molar-refractivity contribution < 1.29 is 22.4 Å². The van der Waals surface area contributed by atoms with Gasteiger partial charge in [0, 0.05) is 56.9 Å². The molecule has 3 fully saturated rings. The largest absolute Gasteiger partial charge is 0.419 e. The number of amides is 1. The maximum Gasteiger partial charge on any atom is 0.419 e. The van der Waals surface area contributed by atoms with E-state index in [2.05, 4.69) is 42.0 Å². The number of nitrogens with one attached hydrogen (secondary N) is 1. The molecular weight excluding hydrogens is 518 g/mol. The average molecular weight is 544 g/mol. The molecule has 6 rings (SSSR count). The molecule has 0 radical (unpaired) electrons. The number of halogens is 4. The Hall–Kier alpha value is -4.15. The Bertz CT molecular complexity index is 1450. The van der Waals surface area contributed by atoms with Gasteiger partial charge in [-0.15, -0.1) is 0 Å². The van der Waals surface area contributed by atoms with Crippen LogP contribution in [0.4, 0.5) is 35.3 Å². The SMILES string of the molecule is CC#CC(=O)N1C[C@@H]2C[C@H]1CN2c1nccn2c(N3C[C@H](F)C[C@@H](Nc4ncc(C(F)(F)F)cn4)C3)ncc12. The second-order valence-electron chi connectivity index (χ2n) is 9.96. The standard InChI is InChI=1S/C25H25F4N9O/c1-2-3-21(39)37-13-19-7-18(37)14-38(19)22-20-10-33-24(36(20)5-4-30-22)35-11-16(26)6-17(12-35)34-23-31-8-15(9-32-23)25(27,28)29/h4-5,8-10,16-19H,6-7,11-14H2,1H3,(H,31,32,34)/t16-,17-,18+,19+/m1/s1. The first kappa shape index (κ1) is 25.1. The van der Waals surface area contributed by atoms with Crippen LogP contribution >= 0.6 is 0 Å². The second-order valence-corrected chi connectivity index (χ2v) is 9.96. The van der Waals surface area contributed by atoms with E-state index in [1.54, 1.807) is 30.4 Å². The number of aromatic nitrogens is 5. The number of nitrogens with zero attached hydrogens (tertiary/aromatic N) is 8. The number of rotatable bonds is 4. The molecule has 2 bridgehead atoms. The Morgan fingerprint density at radius 3 is 2.51 bits per heavy atom. The van der Waals surface area contributed by atoms with Crippen LogP contribution in [0.2, 0.25) is 0 Å². The van der Waals surface area contributed by atoms with E-state index in [-0.39, 0.29) is 36.9 Å². The summed E-state index contributed by atoms with van der Waals surface area (Å²) in [5.74, 6) is 6.43. The Balaban J connectivity index is 1.19. The molecule has 39 heavy (non-hydrogen) atoms. The van der Waals surface area contributed by atoms with Crippen LogP contribution in [0.25, 0.3) is 5.52 Å². The molecule has 0 saturated carbocycles. The molecular formula is C25H25F4N9O. The predicted molar refractivity (Wildman–Crippen MR) is 134 cm³/mol. The summed E-state index contributed by atoms with van der Waals surface area (Å²) in [6, 6.07) is -0.248. The summed E-state index contributed by atoms with van der Waals surface area (Å²) in [4.78, 5) is 34.8. The highest BCUT2D eigenvalue weighted by Crippen LogP contribution is 2.36. The monoisotopic (exact) mass is 543 g/mol. The van der Waals surface area contributed by atoms with E-state index in [9.17, 15) is 22.4 Å². The number of hydrogen-bond donors (Lipinski definition) is 1. The third-order valence-corrected chi connectivity index (χ3v) is 7.42. The van der Waals surface area contributed by atoms with Crippen molar-refractivity contribution in [2.45, 2.75) is 50.2 Å². The van der Waals surface area contributed by atoms with Crippen LogP contribution < -0.4 is 15.1 Å². The van der Waals surface area contributed by atoms with Gasteiger partial charge in [-0.1, -0.05) is 5.92 Å². The summed E-state index contributed by atoms with van der Waals surface area (Å²) in [5.41, 5.74) is -0.182. The summed E-state index contributed by atoms with van der Waals surface area (Å²) in [7, 11) is 0. The highest BCUT2D eigenvalue weighted by Gasteiger charge is 2.46. The molecule has 1 amide bonds. The molecule has 3 saturated heterocycles. The van der Waals surface area contributed by atoms with E-state index in [4.69, 9.17) is 0 Å². The summed E-state index contributed by atoms with van der Waals surface area (Å²) in [6.07, 6.45) is 1.84. The van der Waals surface area contributed by atoms with Gasteiger partial charge in [-0.25, -0.2) is 24.3 Å². The van der Waals surface area contributed by atoms with Gasteiger partial charge < -0.3 is 20.0 Å². The van der Waals surface area contributed by atoms with Gasteiger partial charge in [0.25, 0.3) is 5.91 Å². The number of imidazole rings is 1. The Kier molecular flexibility index (Phi) is 6.16. The number of carbonyl (C=O) groups is 1. The van der Waals surface area contributed by atoms with Crippen molar-refractivity contribution in [1.82, 2.24) is 29.2 Å². The predicted octanol–water partition coefficient (Wildman–Crippen LogP) is 2.38. The molecule has 10 nitrogen and oxygen atoms in total. The zero-order valence-corrected chi connectivity index (χ0v) is 20.9. The Labute approximate surface area is 221 Å². The van der Waals surface area contributed by atoms with Gasteiger partial charge in [-0.2, -0.15) is 13.2 Å². The van der Waals surface area contributed by atoms with Gasteiger partial charge in [0.15, 0.2) is 5.82 Å². The van der Waals surface area contributed by atoms with Gasteiger partial charge in [-0.05, 0) is 19.3 Å². The van der Waals surface area contributed by atoms with E-state index < -0.39 is 24.0 Å². The molecule has 0 unspecified atom stereocenters. The quantitative estimate of drug-likeness (QED) is 0.396. The molecule has 0 aromatic carbocycles. The van der Waals surface area contributed by atoms with Gasteiger partial charge in [0.05, 0.1) is 30.4 Å². The zero-order chi connectivity index (χ0) is 27.3. The van der Waals surface area contributed by atoms with E-state index >= 15 is 0 Å². The lowest BCUT2D eigenvalue weighted by atomic mass is 10.0. The maximum atomic E-state index is 14.8. The van der Waals surface area contributed by atoms with Gasteiger partial charge in [0.2, 0.25) is 11.9 Å². The number of alkyl halides is 4. The normalized spacial score (nSPS) is 24.7. The third kappa shape index (κ3) is 4.66. The van der Waals surface area contributed by atoms with Crippen molar-refractivity contribution in [2.75, 3.05) is 41.3 Å². The van der Waals surface area contributed by atoms with Crippen molar-refractivity contribution in [3.8, 4) is 11.8 Å². The number of fused-ring (bicyclic) bond motifs is 3. The zero-order valence-electron chi connectivity index (χ0n) is 20.9. The number of piperazine rings is 1. The van der Waals surface area contributed by atoms with Crippen molar-refractivity contribution in [2.24, 2.45) is 0 Å². The lowest BCUT2D eigenvalue weighted by Gasteiger charge is -2.35. The van der Waals surface area contributed by atoms with Crippen molar-refractivity contribution >= 4 is 29.1 Å². The fraction of sp³-hybridized carbons (Fsp3) is 0.480. The molecule has 0 aliphatic carbocycles. The number of carbonyl (C=O) groups excluding carboxylic acids is 1. The number of hydrogen-bond acceptors (Lipinski definition) is 8. The first-order valence-corrected chi connectivity index (χ1v) is 12.6. The summed E-state index contributed by atoms with van der Waals surface area (Å²) in [6.45, 7) is 3.34. The van der Waals surface area contributed by atoms with Crippen LogP contribution in [-0.4, -0.2) is 85.6 Å². The van der Waals surface area contributed by atoms with Crippen LogP contribution in [-0.2, 0) is 11.0 Å². The molecule has 3 aliphatic heterocycles. The third-order valence-electron chi connectivity index (χ3n) is 7.42. The first-order valence-electron chi connectivity index (χ1n) is 12.6. The molecule has 204 valence electrons. The topological polar surface area (TPSA) is 94.8 Å². The molecule has 3 aromatic rings. The maximum absolute atomic E-state index is 14.8. The van der Waals surface area contributed by atoms with Crippen LogP contribution in [0.15, 0.2) is 31.0 Å². The van der Waals surface area contributed by atoms with Crippen molar-refractivity contribution in [3.63, 3.8) is 0 Å². The number of likely N-dealkylation sites (tertiary alicyclic amines) is 1. The fourth-order valence-corrected chi connectivity index (χ4v) is 5.75. The first-order chi connectivity index (χ1) is 18.7. The minimum Gasteiger partial charge on any atom is -0.350 e. The van der Waals surface area contributed by atoms with Crippen molar-refractivity contribution in [3.05, 3.63) is 36.5 Å². The van der Waals surface area contributed by atoms with Crippen LogP contribution in [0.3, 0.4) is 0 Å². The van der Waals surface area contributed by atoms with Gasteiger partial charge >= 0.3 is 6.18 Å². The fourth-order valence-electron chi connectivity index (χ4n) is 5.75. The Morgan fingerprint density at radius 2 is 1.82 bits per heavy atom. The molecule has 3 aromatic heterocycles. The highest BCUT2D eigenvalue weighted by molar-refractivity contribution is 5.94. The van der Waals surface area contributed by atoms with Gasteiger partial charge in [-0.3, -0.25) is 9.20 Å². The lowest BCUT2D eigenvalue weighted by molar-refractivity contribution is -0.138. The number of anilines is 3. The smallest absolute Gasteiger partial charge is 0.350 e. The van der Waals surface area contributed by atoms with Gasteiger partial charge in [0.1, 0.15) is 11.7 Å². The van der Waals surface area contributed by atoms with Crippen LogP contribution in [0.5, 0.6) is 0 Å². The lowest BCUT2D eigenvalue weighted by Crippen LogP contribution is -2.49.